The summed E-state index contributed by atoms with van der Waals surface area (Å²) >= 11 is 0. The lowest BCUT2D eigenvalue weighted by molar-refractivity contribution is 0.0547. The largest absolute Gasteiger partial charge is 0.378 e. The quantitative estimate of drug-likeness (QED) is 0.305. The smallest absolute Gasteiger partial charge is 0.229 e. The minimum atomic E-state index is 0.510. The van der Waals surface area contributed by atoms with Crippen LogP contribution in [0.2, 0.25) is 0 Å². The first-order valence-corrected chi connectivity index (χ1v) is 10.5. The van der Waals surface area contributed by atoms with Gasteiger partial charge in [-0.25, -0.2) is 0 Å². The van der Waals surface area contributed by atoms with Crippen molar-refractivity contribution in [1.82, 2.24) is 15.0 Å². The Bertz CT molecular complexity index is 701. The molecule has 0 saturated heterocycles. The van der Waals surface area contributed by atoms with E-state index in [0.29, 0.717) is 69.8 Å². The van der Waals surface area contributed by atoms with Crippen LogP contribution < -0.4 is 21.7 Å². The Balaban J connectivity index is 1.86. The van der Waals surface area contributed by atoms with E-state index in [1.54, 1.807) is 0 Å². The predicted octanol–water partition coefficient (Wildman–Crippen LogP) is 2.35. The highest BCUT2D eigenvalue weighted by molar-refractivity contribution is 5.42. The molecule has 30 heavy (non-hydrogen) atoms. The molecule has 9 heteroatoms. The zero-order valence-corrected chi connectivity index (χ0v) is 18.1. The van der Waals surface area contributed by atoms with E-state index in [0.717, 1.165) is 18.5 Å². The van der Waals surface area contributed by atoms with Crippen molar-refractivity contribution in [3.05, 3.63) is 35.9 Å². The Morgan fingerprint density at radius 3 is 2.03 bits per heavy atom. The molecule has 0 bridgehead atoms. The first-order valence-electron chi connectivity index (χ1n) is 10.5. The highest BCUT2D eigenvalue weighted by Crippen LogP contribution is 2.11. The molecule has 0 aliphatic carbocycles. The van der Waals surface area contributed by atoms with Crippen LogP contribution in [-0.2, 0) is 16.0 Å². The van der Waals surface area contributed by atoms with Gasteiger partial charge < -0.3 is 31.2 Å². The molecule has 0 spiro atoms. The molecular weight excluding hydrogens is 382 g/mol. The molecule has 1 aromatic carbocycles. The van der Waals surface area contributed by atoms with Crippen LogP contribution in [0, 0.1) is 5.92 Å². The van der Waals surface area contributed by atoms with Gasteiger partial charge in [0.1, 0.15) is 0 Å². The average molecular weight is 418 g/mol. The lowest BCUT2D eigenvalue weighted by atomic mass is 10.1. The molecule has 1 aromatic heterocycles. The maximum absolute atomic E-state index is 5.53. The molecule has 0 aliphatic heterocycles. The van der Waals surface area contributed by atoms with E-state index in [9.17, 15) is 0 Å². The maximum Gasteiger partial charge on any atom is 0.229 e. The molecule has 9 nitrogen and oxygen atoms in total. The third kappa shape index (κ3) is 10.3. The van der Waals surface area contributed by atoms with Crippen LogP contribution in [0.1, 0.15) is 25.8 Å². The molecule has 0 fully saturated rings. The van der Waals surface area contributed by atoms with Gasteiger partial charge in [0.2, 0.25) is 17.8 Å². The summed E-state index contributed by atoms with van der Waals surface area (Å²) in [4.78, 5) is 13.4. The normalized spacial score (nSPS) is 10.9. The van der Waals surface area contributed by atoms with Crippen molar-refractivity contribution in [3.8, 4) is 0 Å². The van der Waals surface area contributed by atoms with Crippen LogP contribution in [0.25, 0.3) is 0 Å². The van der Waals surface area contributed by atoms with Gasteiger partial charge in [-0.3, -0.25) is 0 Å². The summed E-state index contributed by atoms with van der Waals surface area (Å²) in [6, 6.07) is 10.1. The molecule has 0 aliphatic rings. The number of anilines is 3. The highest BCUT2D eigenvalue weighted by atomic mass is 16.5. The van der Waals surface area contributed by atoms with Gasteiger partial charge in [0.15, 0.2) is 0 Å². The Labute approximate surface area is 179 Å². The number of benzene rings is 1. The van der Waals surface area contributed by atoms with Gasteiger partial charge in [-0.1, -0.05) is 44.2 Å². The van der Waals surface area contributed by atoms with E-state index < -0.39 is 0 Å². The second kappa shape index (κ2) is 14.5. The van der Waals surface area contributed by atoms with Gasteiger partial charge in [-0.05, 0) is 17.9 Å². The highest BCUT2D eigenvalue weighted by Gasteiger charge is 2.07. The van der Waals surface area contributed by atoms with Crippen molar-refractivity contribution in [1.29, 1.82) is 0 Å². The maximum atomic E-state index is 5.53. The van der Waals surface area contributed by atoms with Crippen LogP contribution in [0.4, 0.5) is 17.8 Å². The number of nitrogens with two attached hydrogens (primary N) is 1. The molecule has 1 heterocycles. The minimum absolute atomic E-state index is 0.510. The van der Waals surface area contributed by atoms with Gasteiger partial charge in [0.25, 0.3) is 0 Å². The third-order valence-electron chi connectivity index (χ3n) is 4.10. The number of ether oxygens (including phenoxy) is 2. The van der Waals surface area contributed by atoms with Crippen molar-refractivity contribution in [3.63, 3.8) is 0 Å². The van der Waals surface area contributed by atoms with Crippen LogP contribution in [-0.4, -0.2) is 61.0 Å². The molecule has 5 N–H and O–H groups in total. The molecule has 0 radical (unpaired) electrons. The number of rotatable bonds is 16. The second-order valence-electron chi connectivity index (χ2n) is 7.19. The summed E-state index contributed by atoms with van der Waals surface area (Å²) in [5.74, 6) is 2.20. The third-order valence-corrected chi connectivity index (χ3v) is 4.10. The van der Waals surface area contributed by atoms with Gasteiger partial charge in [-0.2, -0.15) is 15.0 Å². The topological polar surface area (TPSA) is 119 Å². The van der Waals surface area contributed by atoms with E-state index in [1.165, 1.54) is 0 Å². The van der Waals surface area contributed by atoms with Crippen molar-refractivity contribution in [2.75, 3.05) is 62.0 Å². The number of aromatic nitrogens is 3. The van der Waals surface area contributed by atoms with Crippen LogP contribution >= 0.6 is 0 Å². The number of hydrogen-bond acceptors (Lipinski definition) is 9. The van der Waals surface area contributed by atoms with E-state index in [1.807, 2.05) is 18.2 Å². The van der Waals surface area contributed by atoms with E-state index in [-0.39, 0.29) is 0 Å². The van der Waals surface area contributed by atoms with Crippen molar-refractivity contribution >= 4 is 17.8 Å². The summed E-state index contributed by atoms with van der Waals surface area (Å²) in [7, 11) is 0. The standard InChI is InChI=1S/C21H35N7O2/c1-17(2)8-10-23-19-26-20(24-11-13-30-15-14-29-12-9-22)28-21(27-19)25-16-18-6-4-3-5-7-18/h3-7,17H,8-16,22H2,1-2H3,(H3,23,24,25,26,27,28). The molecule has 0 unspecified atom stereocenters. The van der Waals surface area contributed by atoms with Crippen molar-refractivity contribution < 1.29 is 9.47 Å². The molecule has 0 saturated carbocycles. The second-order valence-corrected chi connectivity index (χ2v) is 7.19. The van der Waals surface area contributed by atoms with E-state index in [4.69, 9.17) is 15.2 Å². The summed E-state index contributed by atoms with van der Waals surface area (Å²) in [6.07, 6.45) is 1.04. The molecule has 2 rings (SSSR count). The van der Waals surface area contributed by atoms with Gasteiger partial charge in [0.05, 0.1) is 26.4 Å². The first-order chi connectivity index (χ1) is 14.7. The Hall–Kier alpha value is -2.49. The molecule has 2 aromatic rings. The minimum Gasteiger partial charge on any atom is -0.378 e. The summed E-state index contributed by atoms with van der Waals surface area (Å²) in [6.45, 7) is 9.10. The number of nitrogens with zero attached hydrogens (tertiary/aromatic N) is 3. The Kier molecular flexibility index (Phi) is 11.5. The lowest BCUT2D eigenvalue weighted by Crippen LogP contribution is -2.17. The molecule has 166 valence electrons. The van der Waals surface area contributed by atoms with Crippen molar-refractivity contribution in [2.45, 2.75) is 26.8 Å². The van der Waals surface area contributed by atoms with Crippen LogP contribution in [0.3, 0.4) is 0 Å². The number of nitrogens with one attached hydrogen (secondary N) is 3. The van der Waals surface area contributed by atoms with E-state index >= 15 is 0 Å². The van der Waals surface area contributed by atoms with E-state index in [2.05, 4.69) is 56.9 Å². The Morgan fingerprint density at radius 2 is 1.40 bits per heavy atom. The summed E-state index contributed by atoms with van der Waals surface area (Å²) in [5.41, 5.74) is 6.53. The van der Waals surface area contributed by atoms with Gasteiger partial charge >= 0.3 is 0 Å². The fourth-order valence-electron chi connectivity index (χ4n) is 2.50. The lowest BCUT2D eigenvalue weighted by Gasteiger charge is -2.12. The predicted molar refractivity (Wildman–Crippen MR) is 121 cm³/mol. The molecule has 0 amide bonds. The SMILES string of the molecule is CC(C)CCNc1nc(NCCOCCOCCN)nc(NCc2ccccc2)n1. The fourth-order valence-corrected chi connectivity index (χ4v) is 2.50. The zero-order chi connectivity index (χ0) is 21.4. The van der Waals surface area contributed by atoms with Crippen molar-refractivity contribution in [2.24, 2.45) is 11.7 Å². The average Bonchev–Trinajstić information content (AvgIpc) is 2.74. The first kappa shape index (κ1) is 23.8. The van der Waals surface area contributed by atoms with Gasteiger partial charge in [-0.15, -0.1) is 0 Å². The van der Waals surface area contributed by atoms with Crippen LogP contribution in [0.15, 0.2) is 30.3 Å². The summed E-state index contributed by atoms with van der Waals surface area (Å²) < 4.78 is 10.8. The monoisotopic (exact) mass is 417 g/mol. The fraction of sp³-hybridized carbons (Fsp3) is 0.571. The zero-order valence-electron chi connectivity index (χ0n) is 18.1. The molecule has 0 atom stereocenters. The van der Waals surface area contributed by atoms with Crippen LogP contribution in [0.5, 0.6) is 0 Å². The van der Waals surface area contributed by atoms with Gasteiger partial charge in [0, 0.05) is 26.2 Å². The summed E-state index contributed by atoms with van der Waals surface area (Å²) in [5, 5.41) is 9.75. The number of hydrogen-bond donors (Lipinski definition) is 4. The Morgan fingerprint density at radius 1 is 0.800 bits per heavy atom. The molecular formula is C21H35N7O2.